The molecule has 2 aliphatic heterocycles. The zero-order valence-electron chi connectivity index (χ0n) is 19.9. The number of hydrogen-bond acceptors (Lipinski definition) is 6. The minimum atomic E-state index is -0.308. The van der Waals surface area contributed by atoms with E-state index >= 15 is 0 Å². The monoisotopic (exact) mass is 492 g/mol. The highest BCUT2D eigenvalue weighted by Crippen LogP contribution is 2.37. The molecule has 0 unspecified atom stereocenters. The summed E-state index contributed by atoms with van der Waals surface area (Å²) in [5.74, 6) is 1.24. The van der Waals surface area contributed by atoms with Crippen LogP contribution in [0.25, 0.3) is 6.08 Å². The Morgan fingerprint density at radius 3 is 2.44 bits per heavy atom. The number of nitrogens with zero attached hydrogens (tertiary/aromatic N) is 4. The first kappa shape index (κ1) is 24.2. The van der Waals surface area contributed by atoms with E-state index in [0.29, 0.717) is 27.3 Å². The van der Waals surface area contributed by atoms with Crippen LogP contribution in [0.4, 0.5) is 5.82 Å². The molecular formula is C26H28N4O2S2. The van der Waals surface area contributed by atoms with Crippen molar-refractivity contribution in [3.05, 3.63) is 67.3 Å². The smallest absolute Gasteiger partial charge is 0.270 e. The Labute approximate surface area is 209 Å². The van der Waals surface area contributed by atoms with E-state index in [-0.39, 0.29) is 17.0 Å². The van der Waals surface area contributed by atoms with Crippen LogP contribution in [0.2, 0.25) is 0 Å². The van der Waals surface area contributed by atoms with Crippen LogP contribution >= 0.6 is 24.0 Å². The molecule has 2 aliphatic rings. The summed E-state index contributed by atoms with van der Waals surface area (Å²) in [6.07, 6.45) is 3.88. The first-order valence-corrected chi connectivity index (χ1v) is 12.6. The summed E-state index contributed by atoms with van der Waals surface area (Å²) in [7, 11) is 1.70. The molecule has 1 amide bonds. The molecule has 0 spiro atoms. The van der Waals surface area contributed by atoms with E-state index in [2.05, 4.69) is 17.9 Å². The van der Waals surface area contributed by atoms with E-state index in [1.165, 1.54) is 11.8 Å². The lowest BCUT2D eigenvalue weighted by Gasteiger charge is -2.34. The van der Waals surface area contributed by atoms with Crippen LogP contribution in [-0.4, -0.2) is 32.8 Å². The third-order valence-corrected chi connectivity index (χ3v) is 8.04. The van der Waals surface area contributed by atoms with Crippen LogP contribution in [0.5, 0.6) is 0 Å². The number of thioether (sulfide) groups is 1. The molecule has 176 valence electrons. The first-order chi connectivity index (χ1) is 16.2. The van der Waals surface area contributed by atoms with Crippen molar-refractivity contribution < 1.29 is 4.79 Å². The molecule has 3 heterocycles. The van der Waals surface area contributed by atoms with Crippen LogP contribution in [-0.2, 0) is 18.4 Å². The topological polar surface area (TPSA) is 69.3 Å². The molecule has 0 atom stereocenters. The van der Waals surface area contributed by atoms with Gasteiger partial charge in [0, 0.05) is 25.7 Å². The van der Waals surface area contributed by atoms with Gasteiger partial charge in [-0.2, -0.15) is 5.26 Å². The summed E-state index contributed by atoms with van der Waals surface area (Å²) < 4.78 is 2.06. The Morgan fingerprint density at radius 2 is 1.82 bits per heavy atom. The van der Waals surface area contributed by atoms with Crippen LogP contribution in [0, 0.1) is 31.1 Å². The number of rotatable bonds is 4. The maximum absolute atomic E-state index is 13.3. The fourth-order valence-corrected chi connectivity index (χ4v) is 5.69. The number of aryl methyl sites for hydroxylation is 1. The summed E-state index contributed by atoms with van der Waals surface area (Å²) in [6, 6.07) is 10.1. The van der Waals surface area contributed by atoms with Crippen molar-refractivity contribution in [3.8, 4) is 6.07 Å². The van der Waals surface area contributed by atoms with Crippen molar-refractivity contribution in [2.24, 2.45) is 13.0 Å². The van der Waals surface area contributed by atoms with Crippen molar-refractivity contribution in [1.82, 2.24) is 9.47 Å². The Morgan fingerprint density at radius 1 is 1.18 bits per heavy atom. The van der Waals surface area contributed by atoms with Crippen LogP contribution in [0.15, 0.2) is 34.0 Å². The molecule has 6 nitrogen and oxygen atoms in total. The third kappa shape index (κ3) is 4.55. The highest BCUT2D eigenvalue weighted by atomic mass is 32.2. The molecule has 1 aromatic heterocycles. The summed E-state index contributed by atoms with van der Waals surface area (Å²) in [5, 5.41) is 9.67. The molecule has 0 radical (unpaired) electrons. The average molecular weight is 493 g/mol. The van der Waals surface area contributed by atoms with E-state index in [4.69, 9.17) is 12.2 Å². The molecule has 0 saturated carbocycles. The highest BCUT2D eigenvalue weighted by Gasteiger charge is 2.33. The molecule has 0 aliphatic carbocycles. The SMILES string of the molecule is Cc1ccc(CN2C(=O)C(=Cc3c(C)c(C#N)c(=O)n(C)c3N3CCC(C)CC3)SC2=S)cc1. The summed E-state index contributed by atoms with van der Waals surface area (Å²) in [5.41, 5.74) is 3.31. The predicted octanol–water partition coefficient (Wildman–Crippen LogP) is 4.51. The molecule has 0 bridgehead atoms. The molecule has 34 heavy (non-hydrogen) atoms. The second-order valence-corrected chi connectivity index (χ2v) is 10.8. The Balaban J connectivity index is 1.75. The highest BCUT2D eigenvalue weighted by molar-refractivity contribution is 8.26. The van der Waals surface area contributed by atoms with Crippen LogP contribution in [0.3, 0.4) is 0 Å². The van der Waals surface area contributed by atoms with Crippen LogP contribution < -0.4 is 10.5 Å². The number of carbonyl (C=O) groups is 1. The number of aromatic nitrogens is 1. The minimum absolute atomic E-state index is 0.109. The number of thiocarbonyl (C=S) groups is 1. The number of amides is 1. The zero-order valence-corrected chi connectivity index (χ0v) is 21.6. The van der Waals surface area contributed by atoms with Gasteiger partial charge in [-0.3, -0.25) is 19.1 Å². The number of anilines is 1. The van der Waals surface area contributed by atoms with Crippen molar-refractivity contribution in [2.75, 3.05) is 18.0 Å². The Bertz CT molecular complexity index is 1280. The molecule has 4 rings (SSSR count). The van der Waals surface area contributed by atoms with Gasteiger partial charge < -0.3 is 4.90 Å². The maximum Gasteiger partial charge on any atom is 0.270 e. The van der Waals surface area contributed by atoms with Gasteiger partial charge in [0.05, 0.1) is 11.4 Å². The lowest BCUT2D eigenvalue weighted by Crippen LogP contribution is -2.38. The summed E-state index contributed by atoms with van der Waals surface area (Å²) in [4.78, 5) is 30.6. The lowest BCUT2D eigenvalue weighted by atomic mass is 9.97. The number of piperidine rings is 1. The van der Waals surface area contributed by atoms with Gasteiger partial charge in [-0.25, -0.2) is 0 Å². The van der Waals surface area contributed by atoms with Gasteiger partial charge in [-0.05, 0) is 49.8 Å². The standard InChI is InChI=1S/C26H28N4O2S2/c1-16-5-7-19(8-6-16)15-30-25(32)22(34-26(30)33)13-20-18(3)21(14-27)24(31)28(4)23(20)29-11-9-17(2)10-12-29/h5-8,13,17H,9-12,15H2,1-4H3. The third-order valence-electron chi connectivity index (χ3n) is 6.66. The van der Waals surface area contributed by atoms with Gasteiger partial charge in [0.25, 0.3) is 11.5 Å². The molecular weight excluding hydrogens is 464 g/mol. The number of carbonyl (C=O) groups excluding carboxylic acids is 1. The minimum Gasteiger partial charge on any atom is -0.357 e. The number of pyridine rings is 1. The van der Waals surface area contributed by atoms with Gasteiger partial charge in [0.2, 0.25) is 0 Å². The lowest BCUT2D eigenvalue weighted by molar-refractivity contribution is -0.122. The van der Waals surface area contributed by atoms with E-state index in [1.54, 1.807) is 23.4 Å². The Kier molecular flexibility index (Phi) is 6.96. The van der Waals surface area contributed by atoms with Gasteiger partial charge in [-0.1, -0.05) is 60.7 Å². The Hall–Kier alpha value is -2.89. The van der Waals surface area contributed by atoms with Gasteiger partial charge in [0.1, 0.15) is 21.8 Å². The molecule has 2 fully saturated rings. The number of hydrogen-bond donors (Lipinski definition) is 0. The molecule has 2 aromatic rings. The van der Waals surface area contributed by atoms with Crippen molar-refractivity contribution >= 4 is 46.1 Å². The molecule has 2 saturated heterocycles. The summed E-state index contributed by atoms with van der Waals surface area (Å²) >= 11 is 6.81. The maximum atomic E-state index is 13.3. The normalized spacial score (nSPS) is 18.1. The largest absolute Gasteiger partial charge is 0.357 e. The number of nitriles is 1. The van der Waals surface area contributed by atoms with E-state index in [9.17, 15) is 14.9 Å². The summed E-state index contributed by atoms with van der Waals surface area (Å²) in [6.45, 7) is 8.12. The predicted molar refractivity (Wildman–Crippen MR) is 142 cm³/mol. The van der Waals surface area contributed by atoms with E-state index in [0.717, 1.165) is 48.4 Å². The zero-order chi connectivity index (χ0) is 24.6. The van der Waals surface area contributed by atoms with Crippen molar-refractivity contribution in [3.63, 3.8) is 0 Å². The van der Waals surface area contributed by atoms with Crippen LogP contribution in [0.1, 0.15) is 47.6 Å². The second-order valence-electron chi connectivity index (χ2n) is 9.14. The molecule has 1 aromatic carbocycles. The van der Waals surface area contributed by atoms with Crippen molar-refractivity contribution in [1.29, 1.82) is 5.26 Å². The van der Waals surface area contributed by atoms with Crippen molar-refractivity contribution in [2.45, 2.75) is 40.2 Å². The van der Waals surface area contributed by atoms with Gasteiger partial charge >= 0.3 is 0 Å². The van der Waals surface area contributed by atoms with E-state index in [1.807, 2.05) is 37.3 Å². The van der Waals surface area contributed by atoms with Gasteiger partial charge in [0.15, 0.2) is 0 Å². The van der Waals surface area contributed by atoms with Gasteiger partial charge in [-0.15, -0.1) is 0 Å². The fraction of sp³-hybridized carbons (Fsp3) is 0.385. The first-order valence-electron chi connectivity index (χ1n) is 11.4. The quantitative estimate of drug-likeness (QED) is 0.462. The number of benzene rings is 1. The molecule has 8 heteroatoms. The average Bonchev–Trinajstić information content (AvgIpc) is 3.07. The second kappa shape index (κ2) is 9.77. The fourth-order valence-electron chi connectivity index (χ4n) is 4.46. The van der Waals surface area contributed by atoms with E-state index < -0.39 is 0 Å². The molecule has 0 N–H and O–H groups in total.